The van der Waals surface area contributed by atoms with E-state index in [1.807, 2.05) is 0 Å². The first-order chi connectivity index (χ1) is 8.46. The highest BCUT2D eigenvalue weighted by Gasteiger charge is 2.35. The lowest BCUT2D eigenvalue weighted by molar-refractivity contribution is 0.0862. The number of hydrogen-bond acceptors (Lipinski definition) is 2. The summed E-state index contributed by atoms with van der Waals surface area (Å²) in [5, 5.41) is 3.72. The number of allylic oxidation sites excluding steroid dienone is 1. The van der Waals surface area contributed by atoms with E-state index in [4.69, 9.17) is 0 Å². The molecule has 0 bridgehead atoms. The predicted octanol–water partition coefficient (Wildman–Crippen LogP) is 3.83. The smallest absolute Gasteiger partial charge is 0.0436 e. The van der Waals surface area contributed by atoms with Crippen molar-refractivity contribution in [1.82, 2.24) is 10.2 Å². The van der Waals surface area contributed by atoms with Crippen LogP contribution in [0.15, 0.2) is 11.6 Å². The van der Waals surface area contributed by atoms with Crippen molar-refractivity contribution in [3.8, 4) is 0 Å². The van der Waals surface area contributed by atoms with Gasteiger partial charge in [-0.3, -0.25) is 4.90 Å². The van der Waals surface area contributed by atoms with Crippen molar-refractivity contribution in [1.29, 1.82) is 0 Å². The Balaban J connectivity index is 5.15. The van der Waals surface area contributed by atoms with Crippen LogP contribution in [0.3, 0.4) is 0 Å². The van der Waals surface area contributed by atoms with Crippen LogP contribution in [-0.2, 0) is 0 Å². The summed E-state index contributed by atoms with van der Waals surface area (Å²) in [4.78, 5) is 2.58. The molecule has 0 amide bonds. The maximum absolute atomic E-state index is 3.72. The van der Waals surface area contributed by atoms with E-state index in [2.05, 4.69) is 64.8 Å². The zero-order chi connectivity index (χ0) is 14.2. The van der Waals surface area contributed by atoms with Crippen molar-refractivity contribution in [2.75, 3.05) is 19.6 Å². The standard InChI is InChI=1S/C16H34N2/c1-8-12-17-15(13-14(5)6)16(7,9-2)18(10-3)11-4/h13,15,17H,8-12H2,1-7H3. The molecule has 18 heavy (non-hydrogen) atoms. The Bertz CT molecular complexity index is 239. The van der Waals surface area contributed by atoms with Gasteiger partial charge in [-0.1, -0.05) is 39.3 Å². The maximum Gasteiger partial charge on any atom is 0.0436 e. The number of hydrogen-bond donors (Lipinski definition) is 1. The second kappa shape index (κ2) is 8.71. The van der Waals surface area contributed by atoms with Crippen molar-refractivity contribution in [3.05, 3.63) is 11.6 Å². The molecule has 2 nitrogen and oxygen atoms in total. The summed E-state index contributed by atoms with van der Waals surface area (Å²) in [5.41, 5.74) is 1.60. The molecule has 0 aliphatic heterocycles. The van der Waals surface area contributed by atoms with Gasteiger partial charge in [-0.15, -0.1) is 0 Å². The molecule has 0 aromatic rings. The van der Waals surface area contributed by atoms with Gasteiger partial charge in [0.15, 0.2) is 0 Å². The van der Waals surface area contributed by atoms with Crippen LogP contribution in [0, 0.1) is 0 Å². The van der Waals surface area contributed by atoms with Crippen LogP contribution in [0.2, 0.25) is 0 Å². The quantitative estimate of drug-likeness (QED) is 0.629. The van der Waals surface area contributed by atoms with Crippen LogP contribution >= 0.6 is 0 Å². The van der Waals surface area contributed by atoms with E-state index in [0.29, 0.717) is 6.04 Å². The third kappa shape index (κ3) is 4.74. The summed E-state index contributed by atoms with van der Waals surface area (Å²) in [5.74, 6) is 0. The molecule has 1 N–H and O–H groups in total. The maximum atomic E-state index is 3.72. The van der Waals surface area contributed by atoms with E-state index in [1.165, 1.54) is 18.4 Å². The fourth-order valence-corrected chi connectivity index (χ4v) is 2.68. The fourth-order valence-electron chi connectivity index (χ4n) is 2.68. The molecular weight excluding hydrogens is 220 g/mol. The molecule has 0 aromatic heterocycles. The number of nitrogens with one attached hydrogen (secondary N) is 1. The van der Waals surface area contributed by atoms with E-state index in [1.54, 1.807) is 0 Å². The third-order valence-electron chi connectivity index (χ3n) is 3.99. The summed E-state index contributed by atoms with van der Waals surface area (Å²) in [6.07, 6.45) is 4.75. The third-order valence-corrected chi connectivity index (χ3v) is 3.99. The van der Waals surface area contributed by atoms with Gasteiger partial charge in [-0.25, -0.2) is 0 Å². The van der Waals surface area contributed by atoms with Crippen LogP contribution < -0.4 is 5.32 Å². The molecule has 0 spiro atoms. The molecule has 0 heterocycles. The Morgan fingerprint density at radius 3 is 2.06 bits per heavy atom. The Hall–Kier alpha value is -0.340. The van der Waals surface area contributed by atoms with Gasteiger partial charge in [0.2, 0.25) is 0 Å². The van der Waals surface area contributed by atoms with Gasteiger partial charge >= 0.3 is 0 Å². The zero-order valence-corrected chi connectivity index (χ0v) is 13.6. The van der Waals surface area contributed by atoms with Crippen LogP contribution in [0.5, 0.6) is 0 Å². The van der Waals surface area contributed by atoms with Crippen molar-refractivity contribution < 1.29 is 0 Å². The lowest BCUT2D eigenvalue weighted by Crippen LogP contribution is -2.58. The van der Waals surface area contributed by atoms with E-state index in [9.17, 15) is 0 Å². The highest BCUT2D eigenvalue weighted by molar-refractivity contribution is 5.11. The minimum Gasteiger partial charge on any atom is -0.309 e. The molecule has 0 aliphatic carbocycles. The summed E-state index contributed by atoms with van der Waals surface area (Å²) >= 11 is 0. The van der Waals surface area contributed by atoms with Crippen molar-refractivity contribution in [2.45, 2.75) is 72.9 Å². The molecule has 0 aromatic carbocycles. The van der Waals surface area contributed by atoms with E-state index < -0.39 is 0 Å². The molecule has 2 heteroatoms. The van der Waals surface area contributed by atoms with Gasteiger partial charge in [0.1, 0.15) is 0 Å². The van der Waals surface area contributed by atoms with E-state index in [0.717, 1.165) is 19.6 Å². The number of likely N-dealkylation sites (N-methyl/N-ethyl adjacent to an activating group) is 1. The fraction of sp³-hybridized carbons (Fsp3) is 0.875. The topological polar surface area (TPSA) is 15.3 Å². The summed E-state index contributed by atoms with van der Waals surface area (Å²) in [7, 11) is 0. The largest absolute Gasteiger partial charge is 0.309 e. The van der Waals surface area contributed by atoms with Gasteiger partial charge in [0.25, 0.3) is 0 Å². The van der Waals surface area contributed by atoms with Crippen molar-refractivity contribution >= 4 is 0 Å². The minimum atomic E-state index is 0.204. The average molecular weight is 254 g/mol. The molecule has 0 saturated carbocycles. The highest BCUT2D eigenvalue weighted by Crippen LogP contribution is 2.25. The second-order valence-corrected chi connectivity index (χ2v) is 5.56. The predicted molar refractivity (Wildman–Crippen MR) is 83.1 cm³/mol. The van der Waals surface area contributed by atoms with Crippen molar-refractivity contribution in [3.63, 3.8) is 0 Å². The van der Waals surface area contributed by atoms with Crippen LogP contribution in [0.1, 0.15) is 61.3 Å². The van der Waals surface area contributed by atoms with Gasteiger partial charge in [-0.2, -0.15) is 0 Å². The molecule has 0 fully saturated rings. The molecule has 108 valence electrons. The molecule has 0 rings (SSSR count). The average Bonchev–Trinajstić information content (AvgIpc) is 2.35. The molecular formula is C16H34N2. The second-order valence-electron chi connectivity index (χ2n) is 5.56. The summed E-state index contributed by atoms with van der Waals surface area (Å²) < 4.78 is 0. The molecule has 0 radical (unpaired) electrons. The first kappa shape index (κ1) is 17.7. The Morgan fingerprint density at radius 1 is 1.17 bits per heavy atom. The lowest BCUT2D eigenvalue weighted by atomic mass is 9.85. The SMILES string of the molecule is CCCNC(C=C(C)C)C(C)(CC)N(CC)CC. The zero-order valence-electron chi connectivity index (χ0n) is 13.6. The minimum absolute atomic E-state index is 0.204. The highest BCUT2D eigenvalue weighted by atomic mass is 15.2. The van der Waals surface area contributed by atoms with Crippen LogP contribution in [0.4, 0.5) is 0 Å². The van der Waals surface area contributed by atoms with Gasteiger partial charge in [0.05, 0.1) is 0 Å². The Morgan fingerprint density at radius 2 is 1.72 bits per heavy atom. The number of nitrogens with zero attached hydrogens (tertiary/aromatic N) is 1. The first-order valence-electron chi connectivity index (χ1n) is 7.59. The van der Waals surface area contributed by atoms with Crippen molar-refractivity contribution in [2.24, 2.45) is 0 Å². The number of rotatable bonds is 9. The summed E-state index contributed by atoms with van der Waals surface area (Å²) in [6, 6.07) is 0.437. The van der Waals surface area contributed by atoms with Gasteiger partial charge < -0.3 is 5.32 Å². The lowest BCUT2D eigenvalue weighted by Gasteiger charge is -2.45. The first-order valence-corrected chi connectivity index (χ1v) is 7.59. The Kier molecular flexibility index (Phi) is 8.54. The molecule has 2 atom stereocenters. The molecule has 0 saturated heterocycles. The van der Waals surface area contributed by atoms with Gasteiger partial charge in [0, 0.05) is 11.6 Å². The summed E-state index contributed by atoms with van der Waals surface area (Å²) in [6.45, 7) is 19.2. The van der Waals surface area contributed by atoms with E-state index in [-0.39, 0.29) is 5.54 Å². The molecule has 2 unspecified atom stereocenters. The van der Waals surface area contributed by atoms with Crippen LogP contribution in [0.25, 0.3) is 0 Å². The monoisotopic (exact) mass is 254 g/mol. The van der Waals surface area contributed by atoms with Gasteiger partial charge in [-0.05, 0) is 53.2 Å². The molecule has 0 aliphatic rings. The normalized spacial score (nSPS) is 16.4. The van der Waals surface area contributed by atoms with Crippen LogP contribution in [-0.4, -0.2) is 36.1 Å². The van der Waals surface area contributed by atoms with E-state index >= 15 is 0 Å². The Labute approximate surface area is 115 Å².